The van der Waals surface area contributed by atoms with Gasteiger partial charge in [0.1, 0.15) is 0 Å². The second-order valence-electron chi connectivity index (χ2n) is 5.51. The van der Waals surface area contributed by atoms with Crippen LogP contribution in [0.4, 0.5) is 0 Å². The highest BCUT2D eigenvalue weighted by Gasteiger charge is 2.21. The lowest BCUT2D eigenvalue weighted by molar-refractivity contribution is 0.0918. The number of carbonyl (C=O) groups excluding carboxylic acids is 1. The van der Waals surface area contributed by atoms with Crippen LogP contribution in [0.15, 0.2) is 24.3 Å². The van der Waals surface area contributed by atoms with Crippen molar-refractivity contribution in [3.05, 3.63) is 35.5 Å². The maximum atomic E-state index is 12.4. The van der Waals surface area contributed by atoms with E-state index in [-0.39, 0.29) is 24.2 Å². The highest BCUT2D eigenvalue weighted by Crippen LogP contribution is 2.21. The van der Waals surface area contributed by atoms with Gasteiger partial charge < -0.3 is 10.4 Å². The topological polar surface area (TPSA) is 75.1 Å². The van der Waals surface area contributed by atoms with E-state index in [1.165, 1.54) is 6.42 Å². The summed E-state index contributed by atoms with van der Waals surface area (Å²) < 4.78 is 0. The number of amides is 1. The number of nitrogens with one attached hydrogen (secondary N) is 1. The van der Waals surface area contributed by atoms with Crippen LogP contribution in [0.1, 0.15) is 48.2 Å². The lowest BCUT2D eigenvalue weighted by Crippen LogP contribution is -2.37. The van der Waals surface area contributed by atoms with Crippen LogP contribution in [0.25, 0.3) is 10.9 Å². The number of aromatic nitrogens is 2. The molecule has 2 N–H and O–H groups in total. The molecular weight excluding hydrogens is 266 g/mol. The molecule has 0 unspecified atom stereocenters. The molecule has 1 amide bonds. The van der Waals surface area contributed by atoms with Gasteiger partial charge in [-0.3, -0.25) is 4.79 Å². The number of benzene rings is 1. The predicted octanol–water partition coefficient (Wildman–Crippen LogP) is 2.18. The molecule has 0 spiro atoms. The first-order valence-electron chi connectivity index (χ1n) is 7.45. The van der Waals surface area contributed by atoms with Crippen molar-refractivity contribution in [1.29, 1.82) is 0 Å². The minimum atomic E-state index is -0.232. The summed E-state index contributed by atoms with van der Waals surface area (Å²) in [5.41, 5.74) is 1.48. The molecule has 3 rings (SSSR count). The van der Waals surface area contributed by atoms with Crippen molar-refractivity contribution in [2.75, 3.05) is 0 Å². The first-order valence-corrected chi connectivity index (χ1v) is 7.45. The van der Waals surface area contributed by atoms with E-state index in [0.717, 1.165) is 31.1 Å². The van der Waals surface area contributed by atoms with Crippen molar-refractivity contribution in [3.63, 3.8) is 0 Å². The van der Waals surface area contributed by atoms with Gasteiger partial charge in [0.25, 0.3) is 5.91 Å². The van der Waals surface area contributed by atoms with Gasteiger partial charge in [-0.25, -0.2) is 0 Å². The Morgan fingerprint density at radius 1 is 1.19 bits per heavy atom. The Morgan fingerprint density at radius 2 is 1.95 bits per heavy atom. The molecule has 1 saturated carbocycles. The monoisotopic (exact) mass is 285 g/mol. The van der Waals surface area contributed by atoms with Gasteiger partial charge >= 0.3 is 0 Å². The Hall–Kier alpha value is -2.01. The molecule has 1 heterocycles. The summed E-state index contributed by atoms with van der Waals surface area (Å²) in [6.07, 6.45) is 5.58. The predicted molar refractivity (Wildman–Crippen MR) is 79.8 cm³/mol. The summed E-state index contributed by atoms with van der Waals surface area (Å²) in [6, 6.07) is 7.62. The molecular formula is C16H19N3O2. The molecule has 2 aromatic rings. The third-order valence-electron chi connectivity index (χ3n) is 4.09. The van der Waals surface area contributed by atoms with Crippen molar-refractivity contribution < 1.29 is 9.90 Å². The van der Waals surface area contributed by atoms with Crippen molar-refractivity contribution >= 4 is 16.8 Å². The van der Waals surface area contributed by atoms with Gasteiger partial charge in [-0.05, 0) is 18.9 Å². The van der Waals surface area contributed by atoms with Gasteiger partial charge in [0.2, 0.25) is 0 Å². The van der Waals surface area contributed by atoms with Gasteiger partial charge in [0, 0.05) is 17.0 Å². The second kappa shape index (κ2) is 6.18. The zero-order valence-electron chi connectivity index (χ0n) is 11.9. The van der Waals surface area contributed by atoms with Crippen molar-refractivity contribution in [3.8, 4) is 0 Å². The molecule has 0 atom stereocenters. The van der Waals surface area contributed by atoms with Gasteiger partial charge in [0.05, 0.1) is 12.1 Å². The summed E-state index contributed by atoms with van der Waals surface area (Å²) in [4.78, 5) is 12.4. The summed E-state index contributed by atoms with van der Waals surface area (Å²) in [5.74, 6) is -0.232. The average molecular weight is 285 g/mol. The summed E-state index contributed by atoms with van der Waals surface area (Å²) in [7, 11) is 0. The summed E-state index contributed by atoms with van der Waals surface area (Å²) >= 11 is 0. The molecule has 110 valence electrons. The second-order valence-corrected chi connectivity index (χ2v) is 5.51. The van der Waals surface area contributed by atoms with E-state index in [2.05, 4.69) is 15.5 Å². The molecule has 0 bridgehead atoms. The standard InChI is InChI=1S/C16H19N3O2/c20-10-13-12-8-4-5-9-14(12)18-19-15(13)16(21)17-11-6-2-1-3-7-11/h4-5,8-9,11,20H,1-3,6-7,10H2,(H,17,21). The molecule has 0 saturated heterocycles. The fourth-order valence-electron chi connectivity index (χ4n) is 2.95. The molecule has 21 heavy (non-hydrogen) atoms. The third kappa shape index (κ3) is 2.88. The molecule has 1 aliphatic rings. The summed E-state index contributed by atoms with van der Waals surface area (Å²) in [6.45, 7) is -0.219. The Bertz CT molecular complexity index is 651. The number of rotatable bonds is 3. The first kappa shape index (κ1) is 13.9. The van der Waals surface area contributed by atoms with Crippen molar-refractivity contribution in [2.45, 2.75) is 44.8 Å². The Labute approximate surface area is 123 Å². The molecule has 0 aliphatic heterocycles. The average Bonchev–Trinajstić information content (AvgIpc) is 2.54. The van der Waals surface area contributed by atoms with Crippen LogP contribution >= 0.6 is 0 Å². The van der Waals surface area contributed by atoms with Crippen LogP contribution in [0.5, 0.6) is 0 Å². The maximum absolute atomic E-state index is 12.4. The van der Waals surface area contributed by atoms with E-state index < -0.39 is 0 Å². The van der Waals surface area contributed by atoms with E-state index in [4.69, 9.17) is 0 Å². The number of hydrogen-bond donors (Lipinski definition) is 2. The quantitative estimate of drug-likeness (QED) is 0.906. The lowest BCUT2D eigenvalue weighted by Gasteiger charge is -2.22. The third-order valence-corrected chi connectivity index (χ3v) is 4.09. The number of aliphatic hydroxyl groups is 1. The van der Waals surface area contributed by atoms with Gasteiger partial charge in [-0.2, -0.15) is 0 Å². The molecule has 1 aromatic heterocycles. The molecule has 5 nitrogen and oxygen atoms in total. The first-order chi connectivity index (χ1) is 10.3. The van der Waals surface area contributed by atoms with E-state index in [0.29, 0.717) is 11.1 Å². The smallest absolute Gasteiger partial charge is 0.272 e. The van der Waals surface area contributed by atoms with Crippen LogP contribution < -0.4 is 5.32 Å². The minimum Gasteiger partial charge on any atom is -0.392 e. The molecule has 1 fully saturated rings. The Kier molecular flexibility index (Phi) is 4.10. The molecule has 1 aliphatic carbocycles. The van der Waals surface area contributed by atoms with Gasteiger partial charge in [0.15, 0.2) is 5.69 Å². The van der Waals surface area contributed by atoms with Crippen LogP contribution in [0, 0.1) is 0 Å². The number of nitrogens with zero attached hydrogens (tertiary/aromatic N) is 2. The number of hydrogen-bond acceptors (Lipinski definition) is 4. The Morgan fingerprint density at radius 3 is 2.71 bits per heavy atom. The van der Waals surface area contributed by atoms with E-state index in [1.807, 2.05) is 24.3 Å². The van der Waals surface area contributed by atoms with Crippen molar-refractivity contribution in [1.82, 2.24) is 15.5 Å². The van der Waals surface area contributed by atoms with Crippen LogP contribution in [0.2, 0.25) is 0 Å². The number of carbonyl (C=O) groups is 1. The minimum absolute atomic E-state index is 0.214. The van der Waals surface area contributed by atoms with E-state index in [1.54, 1.807) is 0 Å². The van der Waals surface area contributed by atoms with Gasteiger partial charge in [-0.1, -0.05) is 37.5 Å². The fourth-order valence-corrected chi connectivity index (χ4v) is 2.95. The summed E-state index contributed by atoms with van der Waals surface area (Å²) in [5, 5.41) is 21.5. The van der Waals surface area contributed by atoms with E-state index >= 15 is 0 Å². The Balaban J connectivity index is 1.90. The van der Waals surface area contributed by atoms with Crippen LogP contribution in [-0.2, 0) is 6.61 Å². The number of aliphatic hydroxyl groups excluding tert-OH is 1. The highest BCUT2D eigenvalue weighted by molar-refractivity contribution is 5.98. The zero-order valence-corrected chi connectivity index (χ0v) is 11.9. The lowest BCUT2D eigenvalue weighted by atomic mass is 9.95. The molecule has 5 heteroatoms. The normalized spacial score (nSPS) is 16.0. The maximum Gasteiger partial charge on any atom is 0.272 e. The molecule has 0 radical (unpaired) electrons. The van der Waals surface area contributed by atoms with E-state index in [9.17, 15) is 9.90 Å². The SMILES string of the molecule is O=C(NC1CCCCC1)c1nnc2ccccc2c1CO. The largest absolute Gasteiger partial charge is 0.392 e. The molecule has 1 aromatic carbocycles. The number of fused-ring (bicyclic) bond motifs is 1. The van der Waals surface area contributed by atoms with Crippen LogP contribution in [-0.4, -0.2) is 27.3 Å². The fraction of sp³-hybridized carbons (Fsp3) is 0.438. The zero-order chi connectivity index (χ0) is 14.7. The highest BCUT2D eigenvalue weighted by atomic mass is 16.3. The van der Waals surface area contributed by atoms with Crippen LogP contribution in [0.3, 0.4) is 0 Å². The van der Waals surface area contributed by atoms with Crippen molar-refractivity contribution in [2.24, 2.45) is 0 Å². The van der Waals surface area contributed by atoms with Gasteiger partial charge in [-0.15, -0.1) is 10.2 Å².